The molecule has 1 aliphatic carbocycles. The summed E-state index contributed by atoms with van der Waals surface area (Å²) in [6.07, 6.45) is 5.09. The Kier molecular flexibility index (Phi) is 2.82. The number of ketones is 1. The van der Waals surface area contributed by atoms with E-state index in [4.69, 9.17) is 5.73 Å². The number of anilines is 1. The van der Waals surface area contributed by atoms with E-state index in [1.165, 1.54) is 0 Å². The van der Waals surface area contributed by atoms with E-state index in [1.807, 2.05) is 26.0 Å². The summed E-state index contributed by atoms with van der Waals surface area (Å²) in [5.41, 5.74) is 10.3. The molecule has 0 amide bonds. The Labute approximate surface area is 96.2 Å². The van der Waals surface area contributed by atoms with Crippen molar-refractivity contribution in [1.29, 1.82) is 0 Å². The second-order valence-corrected chi connectivity index (χ2v) is 4.47. The van der Waals surface area contributed by atoms with E-state index in [9.17, 15) is 4.79 Å². The van der Waals surface area contributed by atoms with Gasteiger partial charge >= 0.3 is 0 Å². The lowest BCUT2D eigenvalue weighted by molar-refractivity contribution is 0.103. The topological polar surface area (TPSA) is 43.1 Å². The van der Waals surface area contributed by atoms with Crippen molar-refractivity contribution in [2.24, 2.45) is 0 Å². The smallest absolute Gasteiger partial charge is 0.189 e. The van der Waals surface area contributed by atoms with Gasteiger partial charge in [-0.05, 0) is 55.9 Å². The van der Waals surface area contributed by atoms with Crippen molar-refractivity contribution < 1.29 is 4.79 Å². The Morgan fingerprint density at radius 1 is 1.25 bits per heavy atom. The first kappa shape index (κ1) is 10.9. The van der Waals surface area contributed by atoms with Gasteiger partial charge in [0, 0.05) is 11.3 Å². The van der Waals surface area contributed by atoms with Crippen LogP contribution in [0.5, 0.6) is 0 Å². The molecule has 0 heterocycles. The fourth-order valence-electron chi connectivity index (χ4n) is 2.16. The monoisotopic (exact) mass is 215 g/mol. The average molecular weight is 215 g/mol. The Morgan fingerprint density at radius 2 is 2.00 bits per heavy atom. The third-order valence-corrected chi connectivity index (χ3v) is 3.19. The minimum atomic E-state index is 0.154. The second-order valence-electron chi connectivity index (χ2n) is 4.47. The molecule has 0 atom stereocenters. The van der Waals surface area contributed by atoms with Crippen LogP contribution in [0.4, 0.5) is 5.69 Å². The molecule has 0 radical (unpaired) electrons. The molecule has 0 saturated carbocycles. The van der Waals surface area contributed by atoms with E-state index >= 15 is 0 Å². The normalized spacial score (nSPS) is 15.0. The summed E-state index contributed by atoms with van der Waals surface area (Å²) in [6.45, 7) is 3.93. The minimum absolute atomic E-state index is 0.154. The Hall–Kier alpha value is -1.57. The maximum atomic E-state index is 12.2. The summed E-state index contributed by atoms with van der Waals surface area (Å²) < 4.78 is 0. The van der Waals surface area contributed by atoms with Crippen molar-refractivity contribution in [3.8, 4) is 0 Å². The van der Waals surface area contributed by atoms with Gasteiger partial charge in [0.2, 0.25) is 0 Å². The van der Waals surface area contributed by atoms with Crippen LogP contribution in [0.1, 0.15) is 40.7 Å². The Morgan fingerprint density at radius 3 is 2.62 bits per heavy atom. The van der Waals surface area contributed by atoms with Crippen LogP contribution < -0.4 is 5.73 Å². The first-order valence-corrected chi connectivity index (χ1v) is 5.70. The number of carbonyl (C=O) groups excluding carboxylic acids is 1. The molecule has 0 spiro atoms. The number of rotatable bonds is 2. The number of nitrogens with two attached hydrogens (primary N) is 1. The molecule has 0 bridgehead atoms. The van der Waals surface area contributed by atoms with Crippen molar-refractivity contribution in [3.05, 3.63) is 40.5 Å². The molecule has 2 rings (SSSR count). The van der Waals surface area contributed by atoms with Crippen molar-refractivity contribution in [2.45, 2.75) is 33.1 Å². The SMILES string of the molecule is Cc1cc(C)c(C(=O)C2=CCCC2)cc1N. The molecule has 84 valence electrons. The summed E-state index contributed by atoms with van der Waals surface area (Å²) in [6, 6.07) is 3.80. The van der Waals surface area contributed by atoms with E-state index in [0.717, 1.165) is 41.5 Å². The molecule has 2 nitrogen and oxygen atoms in total. The zero-order valence-corrected chi connectivity index (χ0v) is 9.84. The van der Waals surface area contributed by atoms with Crippen molar-refractivity contribution in [1.82, 2.24) is 0 Å². The van der Waals surface area contributed by atoms with Crippen LogP contribution in [0.3, 0.4) is 0 Å². The molecular formula is C14H17NO. The summed E-state index contributed by atoms with van der Waals surface area (Å²) in [5.74, 6) is 0.154. The number of benzene rings is 1. The highest BCUT2D eigenvalue weighted by atomic mass is 16.1. The van der Waals surface area contributed by atoms with Gasteiger partial charge in [0.05, 0.1) is 0 Å². The zero-order valence-electron chi connectivity index (χ0n) is 9.84. The molecule has 0 aliphatic heterocycles. The maximum Gasteiger partial charge on any atom is 0.189 e. The van der Waals surface area contributed by atoms with E-state index < -0.39 is 0 Å². The van der Waals surface area contributed by atoms with Crippen molar-refractivity contribution in [2.75, 3.05) is 5.73 Å². The minimum Gasteiger partial charge on any atom is -0.398 e. The standard InChI is InChI=1S/C14H17NO/c1-9-7-10(2)13(15)8-12(9)14(16)11-5-3-4-6-11/h5,7-8H,3-4,6,15H2,1-2H3. The van der Waals surface area contributed by atoms with Gasteiger partial charge in [0.15, 0.2) is 5.78 Å². The molecule has 0 fully saturated rings. The number of Topliss-reactive ketones (excluding diaryl/α,β-unsaturated/α-hetero) is 1. The maximum absolute atomic E-state index is 12.2. The van der Waals surface area contributed by atoms with Gasteiger partial charge in [0.25, 0.3) is 0 Å². The first-order valence-electron chi connectivity index (χ1n) is 5.70. The van der Waals surface area contributed by atoms with Crippen LogP contribution in [-0.2, 0) is 0 Å². The fraction of sp³-hybridized carbons (Fsp3) is 0.357. The van der Waals surface area contributed by atoms with Gasteiger partial charge in [-0.25, -0.2) is 0 Å². The molecule has 16 heavy (non-hydrogen) atoms. The molecule has 0 saturated heterocycles. The van der Waals surface area contributed by atoms with Crippen molar-refractivity contribution >= 4 is 11.5 Å². The Balaban J connectivity index is 2.40. The summed E-state index contributed by atoms with van der Waals surface area (Å²) in [4.78, 5) is 12.2. The van der Waals surface area contributed by atoms with Crippen LogP contribution in [0.2, 0.25) is 0 Å². The first-order chi connectivity index (χ1) is 7.59. The lowest BCUT2D eigenvalue weighted by Gasteiger charge is -2.09. The molecule has 1 aromatic carbocycles. The van der Waals surface area contributed by atoms with Gasteiger partial charge in [-0.1, -0.05) is 12.1 Å². The van der Waals surface area contributed by atoms with Gasteiger partial charge < -0.3 is 5.73 Å². The molecule has 0 aromatic heterocycles. The summed E-state index contributed by atoms with van der Waals surface area (Å²) in [5, 5.41) is 0. The summed E-state index contributed by atoms with van der Waals surface area (Å²) in [7, 11) is 0. The Bertz CT molecular complexity index is 472. The van der Waals surface area contributed by atoms with Crippen LogP contribution >= 0.6 is 0 Å². The predicted octanol–water partition coefficient (Wildman–Crippen LogP) is 3.18. The highest BCUT2D eigenvalue weighted by molar-refractivity contribution is 6.10. The van der Waals surface area contributed by atoms with E-state index in [2.05, 4.69) is 6.08 Å². The molecule has 2 heteroatoms. The van der Waals surface area contributed by atoms with Crippen LogP contribution in [-0.4, -0.2) is 5.78 Å². The van der Waals surface area contributed by atoms with Gasteiger partial charge in [-0.15, -0.1) is 0 Å². The number of nitrogen functional groups attached to an aromatic ring is 1. The molecular weight excluding hydrogens is 198 g/mol. The average Bonchev–Trinajstić information content (AvgIpc) is 2.75. The van der Waals surface area contributed by atoms with E-state index in [-0.39, 0.29) is 5.78 Å². The number of aryl methyl sites for hydroxylation is 2. The van der Waals surface area contributed by atoms with Crippen LogP contribution in [0.25, 0.3) is 0 Å². The number of carbonyl (C=O) groups is 1. The van der Waals surface area contributed by atoms with Gasteiger partial charge in [-0.3, -0.25) is 4.79 Å². The third kappa shape index (κ3) is 1.87. The lowest BCUT2D eigenvalue weighted by Crippen LogP contribution is -2.06. The van der Waals surface area contributed by atoms with Crippen LogP contribution in [0.15, 0.2) is 23.8 Å². The highest BCUT2D eigenvalue weighted by Crippen LogP contribution is 2.25. The van der Waals surface area contributed by atoms with Gasteiger partial charge in [0.1, 0.15) is 0 Å². The van der Waals surface area contributed by atoms with E-state index in [0.29, 0.717) is 5.69 Å². The number of hydrogen-bond acceptors (Lipinski definition) is 2. The molecule has 1 aliphatic rings. The molecule has 1 aromatic rings. The van der Waals surface area contributed by atoms with Crippen LogP contribution in [0, 0.1) is 13.8 Å². The quantitative estimate of drug-likeness (QED) is 0.608. The number of hydrogen-bond donors (Lipinski definition) is 1. The highest BCUT2D eigenvalue weighted by Gasteiger charge is 2.17. The van der Waals surface area contributed by atoms with E-state index in [1.54, 1.807) is 0 Å². The fourth-order valence-corrected chi connectivity index (χ4v) is 2.16. The number of allylic oxidation sites excluding steroid dienone is 2. The van der Waals surface area contributed by atoms with Crippen molar-refractivity contribution in [3.63, 3.8) is 0 Å². The second kappa shape index (κ2) is 4.12. The molecule has 0 unspecified atom stereocenters. The predicted molar refractivity (Wildman–Crippen MR) is 66.6 cm³/mol. The summed E-state index contributed by atoms with van der Waals surface area (Å²) >= 11 is 0. The largest absolute Gasteiger partial charge is 0.398 e. The zero-order chi connectivity index (χ0) is 11.7. The van der Waals surface area contributed by atoms with Gasteiger partial charge in [-0.2, -0.15) is 0 Å². The third-order valence-electron chi connectivity index (χ3n) is 3.19. The lowest BCUT2D eigenvalue weighted by atomic mass is 9.96. The molecule has 2 N–H and O–H groups in total.